The van der Waals surface area contributed by atoms with Crippen LogP contribution in [0.1, 0.15) is 103 Å². The van der Waals surface area contributed by atoms with Crippen LogP contribution in [0, 0.1) is 35.5 Å². The molecule has 0 spiro atoms. The SMILES string of the molecule is OC1CCC(C2CCCC(O)C2C2CCCCC2)CC1C1CCCCC1. The first-order valence-electron chi connectivity index (χ1n) is 12.1. The molecular formula is C24H42O2. The molecule has 0 saturated heterocycles. The second kappa shape index (κ2) is 8.95. The van der Waals surface area contributed by atoms with Crippen LogP contribution in [0.15, 0.2) is 0 Å². The standard InChI is InChI=1S/C24H42O2/c25-22-15-14-19(16-21(22)17-8-3-1-4-9-17)20-12-7-13-23(26)24(20)18-10-5-2-6-11-18/h17-26H,1-16H2. The van der Waals surface area contributed by atoms with Crippen LogP contribution in [0.25, 0.3) is 0 Å². The van der Waals surface area contributed by atoms with Gasteiger partial charge in [-0.15, -0.1) is 0 Å². The van der Waals surface area contributed by atoms with E-state index in [9.17, 15) is 10.2 Å². The molecule has 4 rings (SSSR count). The van der Waals surface area contributed by atoms with Crippen molar-refractivity contribution < 1.29 is 10.2 Å². The molecule has 0 aliphatic heterocycles. The Labute approximate surface area is 161 Å². The molecule has 0 bridgehead atoms. The Morgan fingerprint density at radius 2 is 1.08 bits per heavy atom. The zero-order valence-electron chi connectivity index (χ0n) is 16.8. The first-order valence-corrected chi connectivity index (χ1v) is 12.1. The zero-order valence-corrected chi connectivity index (χ0v) is 16.8. The lowest BCUT2D eigenvalue weighted by Gasteiger charge is -2.49. The van der Waals surface area contributed by atoms with E-state index >= 15 is 0 Å². The third kappa shape index (κ3) is 4.17. The van der Waals surface area contributed by atoms with E-state index in [4.69, 9.17) is 0 Å². The summed E-state index contributed by atoms with van der Waals surface area (Å²) in [5, 5.41) is 21.7. The summed E-state index contributed by atoms with van der Waals surface area (Å²) in [5.41, 5.74) is 0. The van der Waals surface area contributed by atoms with E-state index in [-0.39, 0.29) is 12.2 Å². The Bertz CT molecular complexity index is 424. The maximum Gasteiger partial charge on any atom is 0.0573 e. The van der Waals surface area contributed by atoms with E-state index in [0.29, 0.717) is 11.8 Å². The Balaban J connectivity index is 1.46. The summed E-state index contributed by atoms with van der Waals surface area (Å²) in [6, 6.07) is 0. The van der Waals surface area contributed by atoms with E-state index in [0.717, 1.165) is 36.5 Å². The van der Waals surface area contributed by atoms with Crippen LogP contribution in [-0.2, 0) is 0 Å². The van der Waals surface area contributed by atoms with Crippen molar-refractivity contribution in [3.63, 3.8) is 0 Å². The van der Waals surface area contributed by atoms with Crippen LogP contribution < -0.4 is 0 Å². The molecule has 0 heterocycles. The molecule has 4 aliphatic rings. The molecule has 4 saturated carbocycles. The molecule has 26 heavy (non-hydrogen) atoms. The molecule has 4 aliphatic carbocycles. The average Bonchev–Trinajstić information content (AvgIpc) is 2.69. The predicted molar refractivity (Wildman–Crippen MR) is 107 cm³/mol. The van der Waals surface area contributed by atoms with E-state index in [1.165, 1.54) is 89.9 Å². The predicted octanol–water partition coefficient (Wildman–Crippen LogP) is 5.70. The van der Waals surface area contributed by atoms with Crippen LogP contribution >= 0.6 is 0 Å². The zero-order chi connectivity index (χ0) is 17.9. The van der Waals surface area contributed by atoms with Crippen LogP contribution in [0.3, 0.4) is 0 Å². The largest absolute Gasteiger partial charge is 0.393 e. The molecule has 6 atom stereocenters. The summed E-state index contributed by atoms with van der Waals surface area (Å²) in [7, 11) is 0. The number of aliphatic hydroxyl groups excluding tert-OH is 2. The minimum Gasteiger partial charge on any atom is -0.393 e. The van der Waals surface area contributed by atoms with Crippen molar-refractivity contribution in [2.24, 2.45) is 35.5 Å². The van der Waals surface area contributed by atoms with Gasteiger partial charge in [0.25, 0.3) is 0 Å². The molecule has 6 unspecified atom stereocenters. The van der Waals surface area contributed by atoms with Gasteiger partial charge in [-0.1, -0.05) is 70.6 Å². The van der Waals surface area contributed by atoms with E-state index in [1.807, 2.05) is 0 Å². The normalized spacial score (nSPS) is 44.1. The monoisotopic (exact) mass is 362 g/mol. The second-order valence-electron chi connectivity index (χ2n) is 10.3. The molecule has 2 N–H and O–H groups in total. The van der Waals surface area contributed by atoms with Crippen LogP contribution in [0.4, 0.5) is 0 Å². The molecule has 2 heteroatoms. The fraction of sp³-hybridized carbons (Fsp3) is 1.00. The van der Waals surface area contributed by atoms with Crippen LogP contribution in [-0.4, -0.2) is 22.4 Å². The topological polar surface area (TPSA) is 40.5 Å². The number of hydrogen-bond donors (Lipinski definition) is 2. The van der Waals surface area contributed by atoms with Crippen LogP contribution in [0.5, 0.6) is 0 Å². The van der Waals surface area contributed by atoms with Gasteiger partial charge in [0.1, 0.15) is 0 Å². The average molecular weight is 363 g/mol. The van der Waals surface area contributed by atoms with Gasteiger partial charge in [0.2, 0.25) is 0 Å². The lowest BCUT2D eigenvalue weighted by atomic mass is 9.58. The number of aliphatic hydroxyl groups is 2. The van der Waals surface area contributed by atoms with Crippen molar-refractivity contribution >= 4 is 0 Å². The van der Waals surface area contributed by atoms with Gasteiger partial charge in [-0.25, -0.2) is 0 Å². The fourth-order valence-electron chi connectivity index (χ4n) is 7.65. The van der Waals surface area contributed by atoms with Crippen molar-refractivity contribution in [2.75, 3.05) is 0 Å². The quantitative estimate of drug-likeness (QED) is 0.676. The summed E-state index contributed by atoms with van der Waals surface area (Å²) < 4.78 is 0. The smallest absolute Gasteiger partial charge is 0.0573 e. The molecular weight excluding hydrogens is 320 g/mol. The summed E-state index contributed by atoms with van der Waals surface area (Å²) in [5.74, 6) is 4.19. The molecule has 150 valence electrons. The van der Waals surface area contributed by atoms with Crippen molar-refractivity contribution in [1.29, 1.82) is 0 Å². The minimum atomic E-state index is -0.0454. The van der Waals surface area contributed by atoms with Crippen molar-refractivity contribution in [1.82, 2.24) is 0 Å². The molecule has 0 aromatic carbocycles. The molecule has 2 nitrogen and oxygen atoms in total. The summed E-state index contributed by atoms with van der Waals surface area (Å²) in [6.45, 7) is 0. The summed E-state index contributed by atoms with van der Waals surface area (Å²) in [6.07, 6.45) is 20.8. The molecule has 4 fully saturated rings. The van der Waals surface area contributed by atoms with Gasteiger partial charge in [-0.3, -0.25) is 0 Å². The highest BCUT2D eigenvalue weighted by atomic mass is 16.3. The third-order valence-corrected chi connectivity index (χ3v) is 8.93. The van der Waals surface area contributed by atoms with Gasteiger partial charge in [0.15, 0.2) is 0 Å². The first-order chi connectivity index (χ1) is 12.7. The highest BCUT2D eigenvalue weighted by Crippen LogP contribution is 2.50. The Morgan fingerprint density at radius 3 is 1.77 bits per heavy atom. The Morgan fingerprint density at radius 1 is 0.423 bits per heavy atom. The fourth-order valence-corrected chi connectivity index (χ4v) is 7.65. The van der Waals surface area contributed by atoms with E-state index in [2.05, 4.69) is 0 Å². The lowest BCUT2D eigenvalue weighted by Crippen LogP contribution is -2.45. The lowest BCUT2D eigenvalue weighted by molar-refractivity contribution is -0.0632. The molecule has 0 aromatic heterocycles. The van der Waals surface area contributed by atoms with E-state index in [1.54, 1.807) is 0 Å². The van der Waals surface area contributed by atoms with Gasteiger partial charge >= 0.3 is 0 Å². The maximum absolute atomic E-state index is 10.9. The molecule has 0 amide bonds. The summed E-state index contributed by atoms with van der Waals surface area (Å²) >= 11 is 0. The van der Waals surface area contributed by atoms with Crippen molar-refractivity contribution in [3.8, 4) is 0 Å². The molecule has 0 radical (unpaired) electrons. The second-order valence-corrected chi connectivity index (χ2v) is 10.3. The van der Waals surface area contributed by atoms with Crippen molar-refractivity contribution in [2.45, 2.75) is 115 Å². The van der Waals surface area contributed by atoms with E-state index < -0.39 is 0 Å². The Kier molecular flexibility index (Phi) is 6.62. The van der Waals surface area contributed by atoms with Gasteiger partial charge in [-0.05, 0) is 67.6 Å². The third-order valence-electron chi connectivity index (χ3n) is 8.93. The summed E-state index contributed by atoms with van der Waals surface area (Å²) in [4.78, 5) is 0. The maximum atomic E-state index is 10.9. The van der Waals surface area contributed by atoms with Gasteiger partial charge < -0.3 is 10.2 Å². The van der Waals surface area contributed by atoms with Gasteiger partial charge in [0.05, 0.1) is 12.2 Å². The van der Waals surface area contributed by atoms with Crippen LogP contribution in [0.2, 0.25) is 0 Å². The highest BCUT2D eigenvalue weighted by molar-refractivity contribution is 4.95. The van der Waals surface area contributed by atoms with Crippen molar-refractivity contribution in [3.05, 3.63) is 0 Å². The minimum absolute atomic E-state index is 0.0446. The highest BCUT2D eigenvalue weighted by Gasteiger charge is 2.45. The number of hydrogen-bond acceptors (Lipinski definition) is 2. The van der Waals surface area contributed by atoms with Gasteiger partial charge in [0, 0.05) is 0 Å². The van der Waals surface area contributed by atoms with Gasteiger partial charge in [-0.2, -0.15) is 0 Å². The Hall–Kier alpha value is -0.0800. The number of rotatable bonds is 3. The first kappa shape index (κ1) is 19.2. The molecule has 0 aromatic rings.